The molecule has 1 aliphatic carbocycles. The summed E-state index contributed by atoms with van der Waals surface area (Å²) >= 11 is 0. The number of halogens is 1. The quantitative estimate of drug-likeness (QED) is 0.794. The Labute approximate surface area is 115 Å². The Balaban J connectivity index is 2.11. The zero-order chi connectivity index (χ0) is 13.6. The minimum atomic E-state index is -3.87. The summed E-state index contributed by atoms with van der Waals surface area (Å²) in [5.74, 6) is 0.508. The van der Waals surface area contributed by atoms with E-state index in [9.17, 15) is 8.42 Å². The summed E-state index contributed by atoms with van der Waals surface area (Å²) in [6.45, 7) is 0. The predicted octanol–water partition coefficient (Wildman–Crippen LogP) is 1.90. The van der Waals surface area contributed by atoms with Gasteiger partial charge in [0, 0.05) is 23.3 Å². The highest BCUT2D eigenvalue weighted by atomic mass is 35.7. The number of nitrogens with zero attached hydrogens (tertiary/aromatic N) is 3. The van der Waals surface area contributed by atoms with Crippen LogP contribution in [0.2, 0.25) is 0 Å². The summed E-state index contributed by atoms with van der Waals surface area (Å²) in [4.78, 5) is 0. The first-order chi connectivity index (χ1) is 8.97. The molecule has 0 bridgehead atoms. The van der Waals surface area contributed by atoms with Gasteiger partial charge >= 0.3 is 0 Å². The molecule has 1 heterocycles. The molecule has 1 aromatic heterocycles. The molecule has 2 aromatic rings. The fourth-order valence-corrected chi connectivity index (χ4v) is 3.44. The Kier molecular flexibility index (Phi) is 2.87. The van der Waals surface area contributed by atoms with Crippen LogP contribution in [0.25, 0.3) is 11.4 Å². The minimum absolute atomic E-state index is 0.232. The van der Waals surface area contributed by atoms with Gasteiger partial charge in [-0.2, -0.15) is 0 Å². The summed E-state index contributed by atoms with van der Waals surface area (Å²) in [6.07, 6.45) is 3.33. The topological polar surface area (TPSA) is 64.8 Å². The summed E-state index contributed by atoms with van der Waals surface area (Å²) in [5.41, 5.74) is 3.52. The predicted molar refractivity (Wildman–Crippen MR) is 71.5 cm³/mol. The molecule has 19 heavy (non-hydrogen) atoms. The van der Waals surface area contributed by atoms with E-state index >= 15 is 0 Å². The third kappa shape index (κ3) is 2.15. The van der Waals surface area contributed by atoms with E-state index in [1.165, 1.54) is 22.1 Å². The molecule has 1 aromatic carbocycles. The number of hydrogen-bond acceptors (Lipinski definition) is 4. The van der Waals surface area contributed by atoms with Crippen molar-refractivity contribution in [2.24, 2.45) is 7.05 Å². The standard InChI is InChI=1S/C12H12ClN3O2S/c1-16-11(14-15-12(16)19(13,17)18)10-6-5-8-3-2-4-9(8)7-10/h5-7H,2-4H2,1H3. The molecule has 100 valence electrons. The van der Waals surface area contributed by atoms with Crippen LogP contribution in [0.5, 0.6) is 0 Å². The maximum atomic E-state index is 11.3. The third-order valence-electron chi connectivity index (χ3n) is 3.41. The van der Waals surface area contributed by atoms with Crippen LogP contribution < -0.4 is 0 Å². The lowest BCUT2D eigenvalue weighted by atomic mass is 10.1. The largest absolute Gasteiger partial charge is 0.300 e. The van der Waals surface area contributed by atoms with E-state index in [1.54, 1.807) is 7.05 Å². The second kappa shape index (κ2) is 4.31. The first-order valence-electron chi connectivity index (χ1n) is 5.93. The number of aryl methyl sites for hydroxylation is 2. The molecule has 0 unspecified atom stereocenters. The van der Waals surface area contributed by atoms with Gasteiger partial charge < -0.3 is 0 Å². The molecule has 0 N–H and O–H groups in total. The van der Waals surface area contributed by atoms with Crippen molar-refractivity contribution in [3.63, 3.8) is 0 Å². The Morgan fingerprint density at radius 3 is 2.63 bits per heavy atom. The molecule has 1 aliphatic rings. The lowest BCUT2D eigenvalue weighted by molar-refractivity contribution is 0.593. The van der Waals surface area contributed by atoms with Crippen LogP contribution in [0, 0.1) is 0 Å². The molecule has 0 saturated heterocycles. The molecule has 5 nitrogen and oxygen atoms in total. The molecule has 3 rings (SSSR count). The zero-order valence-corrected chi connectivity index (χ0v) is 11.9. The molecular formula is C12H12ClN3O2S. The van der Waals surface area contributed by atoms with Crippen LogP contribution in [-0.4, -0.2) is 23.2 Å². The lowest BCUT2D eigenvalue weighted by Crippen LogP contribution is -2.03. The minimum Gasteiger partial charge on any atom is -0.300 e. The van der Waals surface area contributed by atoms with E-state index in [0.29, 0.717) is 5.82 Å². The Morgan fingerprint density at radius 2 is 1.95 bits per heavy atom. The average Bonchev–Trinajstić information content (AvgIpc) is 2.92. The molecule has 0 aliphatic heterocycles. The van der Waals surface area contributed by atoms with Gasteiger partial charge in [0.05, 0.1) is 0 Å². The Morgan fingerprint density at radius 1 is 1.21 bits per heavy atom. The third-order valence-corrected chi connectivity index (χ3v) is 4.62. The molecule has 0 atom stereocenters. The van der Waals surface area contributed by atoms with Crippen molar-refractivity contribution < 1.29 is 8.42 Å². The van der Waals surface area contributed by atoms with Crippen molar-refractivity contribution in [1.29, 1.82) is 0 Å². The molecule has 0 spiro atoms. The number of hydrogen-bond donors (Lipinski definition) is 0. The highest BCUT2D eigenvalue weighted by molar-refractivity contribution is 8.13. The lowest BCUT2D eigenvalue weighted by Gasteiger charge is -2.05. The SMILES string of the molecule is Cn1c(-c2ccc3c(c2)CCC3)nnc1S(=O)(=O)Cl. The van der Waals surface area contributed by atoms with E-state index in [4.69, 9.17) is 10.7 Å². The van der Waals surface area contributed by atoms with Crippen LogP contribution in [0.4, 0.5) is 0 Å². The van der Waals surface area contributed by atoms with Crippen LogP contribution in [0.15, 0.2) is 23.4 Å². The van der Waals surface area contributed by atoms with Gasteiger partial charge in [-0.25, -0.2) is 8.42 Å². The van der Waals surface area contributed by atoms with Crippen LogP contribution in [-0.2, 0) is 28.9 Å². The van der Waals surface area contributed by atoms with E-state index < -0.39 is 9.05 Å². The second-order valence-corrected chi connectivity index (χ2v) is 7.10. The maximum Gasteiger partial charge on any atom is 0.296 e. The van der Waals surface area contributed by atoms with Gasteiger partial charge in [0.2, 0.25) is 0 Å². The van der Waals surface area contributed by atoms with Crippen molar-refractivity contribution in [2.45, 2.75) is 24.4 Å². The van der Waals surface area contributed by atoms with Gasteiger partial charge in [-0.15, -0.1) is 10.2 Å². The number of fused-ring (bicyclic) bond motifs is 1. The van der Waals surface area contributed by atoms with E-state index in [0.717, 1.165) is 18.4 Å². The summed E-state index contributed by atoms with van der Waals surface area (Å²) < 4.78 is 24.1. The molecule has 0 radical (unpaired) electrons. The van der Waals surface area contributed by atoms with Gasteiger partial charge in [0.15, 0.2) is 5.82 Å². The van der Waals surface area contributed by atoms with Gasteiger partial charge in [-0.3, -0.25) is 4.57 Å². The fraction of sp³-hybridized carbons (Fsp3) is 0.333. The number of aromatic nitrogens is 3. The van der Waals surface area contributed by atoms with Crippen molar-refractivity contribution >= 4 is 19.7 Å². The van der Waals surface area contributed by atoms with Gasteiger partial charge in [0.1, 0.15) is 0 Å². The van der Waals surface area contributed by atoms with E-state index in [1.807, 2.05) is 6.07 Å². The first-order valence-corrected chi connectivity index (χ1v) is 8.24. The van der Waals surface area contributed by atoms with Crippen LogP contribution in [0.3, 0.4) is 0 Å². The summed E-state index contributed by atoms with van der Waals surface area (Å²) in [5, 5.41) is 7.35. The van der Waals surface area contributed by atoms with E-state index in [2.05, 4.69) is 22.3 Å². The normalized spacial score (nSPS) is 14.6. The fourth-order valence-electron chi connectivity index (χ4n) is 2.49. The van der Waals surface area contributed by atoms with E-state index in [-0.39, 0.29) is 5.16 Å². The number of rotatable bonds is 2. The van der Waals surface area contributed by atoms with Crippen LogP contribution in [0.1, 0.15) is 17.5 Å². The van der Waals surface area contributed by atoms with Gasteiger partial charge in [-0.05, 0) is 36.5 Å². The van der Waals surface area contributed by atoms with Crippen molar-refractivity contribution in [3.8, 4) is 11.4 Å². The summed E-state index contributed by atoms with van der Waals surface area (Å²) in [7, 11) is 3.03. The maximum absolute atomic E-state index is 11.3. The Hall–Kier alpha value is -1.40. The molecule has 0 amide bonds. The molecular weight excluding hydrogens is 286 g/mol. The summed E-state index contributed by atoms with van der Waals surface area (Å²) in [6, 6.07) is 6.07. The molecule has 0 saturated carbocycles. The van der Waals surface area contributed by atoms with Gasteiger partial charge in [0.25, 0.3) is 14.2 Å². The number of benzene rings is 1. The zero-order valence-electron chi connectivity index (χ0n) is 10.3. The first kappa shape index (κ1) is 12.6. The Bertz CT molecular complexity index is 752. The molecule has 0 fully saturated rings. The van der Waals surface area contributed by atoms with Crippen molar-refractivity contribution in [2.75, 3.05) is 0 Å². The monoisotopic (exact) mass is 297 g/mol. The molecule has 7 heteroatoms. The smallest absolute Gasteiger partial charge is 0.296 e. The van der Waals surface area contributed by atoms with Crippen molar-refractivity contribution in [1.82, 2.24) is 14.8 Å². The highest BCUT2D eigenvalue weighted by Crippen LogP contribution is 2.28. The second-order valence-electron chi connectivity index (χ2n) is 4.64. The highest BCUT2D eigenvalue weighted by Gasteiger charge is 2.21. The van der Waals surface area contributed by atoms with Crippen LogP contribution >= 0.6 is 10.7 Å². The van der Waals surface area contributed by atoms with Gasteiger partial charge in [-0.1, -0.05) is 12.1 Å². The average molecular weight is 298 g/mol. The van der Waals surface area contributed by atoms with Crippen molar-refractivity contribution in [3.05, 3.63) is 29.3 Å².